The van der Waals surface area contributed by atoms with E-state index in [0.717, 1.165) is 35.6 Å². The van der Waals surface area contributed by atoms with Crippen LogP contribution in [0.25, 0.3) is 16.6 Å². The van der Waals surface area contributed by atoms with E-state index in [4.69, 9.17) is 4.74 Å². The Labute approximate surface area is 170 Å². The van der Waals surface area contributed by atoms with Crippen LogP contribution < -0.4 is 9.64 Å². The third-order valence-corrected chi connectivity index (χ3v) is 5.45. The van der Waals surface area contributed by atoms with E-state index in [-0.39, 0.29) is 6.10 Å². The van der Waals surface area contributed by atoms with Gasteiger partial charge in [0.2, 0.25) is 0 Å². The van der Waals surface area contributed by atoms with Gasteiger partial charge in [0, 0.05) is 30.4 Å². The highest BCUT2D eigenvalue weighted by Gasteiger charge is 2.17. The summed E-state index contributed by atoms with van der Waals surface area (Å²) in [6.07, 6.45) is 7.83. The number of fused-ring (bicyclic) bond motifs is 1. The fourth-order valence-corrected chi connectivity index (χ4v) is 3.63. The molecule has 0 saturated carbocycles. The lowest BCUT2D eigenvalue weighted by molar-refractivity contribution is 0.0601. The summed E-state index contributed by atoms with van der Waals surface area (Å²) >= 11 is 0. The summed E-state index contributed by atoms with van der Waals surface area (Å²) in [7, 11) is 0. The van der Waals surface area contributed by atoms with Crippen LogP contribution in [0.3, 0.4) is 0 Å². The maximum atomic E-state index is 9.77. The summed E-state index contributed by atoms with van der Waals surface area (Å²) in [5, 5.41) is 23.6. The van der Waals surface area contributed by atoms with Gasteiger partial charge < -0.3 is 14.7 Å². The highest BCUT2D eigenvalue weighted by Crippen LogP contribution is 2.32. The van der Waals surface area contributed by atoms with Gasteiger partial charge in [0.05, 0.1) is 29.6 Å². The first-order valence-corrected chi connectivity index (χ1v) is 10.0. The predicted octanol–water partition coefficient (Wildman–Crippen LogP) is 3.41. The molecule has 1 N–H and O–H groups in total. The van der Waals surface area contributed by atoms with Crippen molar-refractivity contribution >= 4 is 11.3 Å². The van der Waals surface area contributed by atoms with Crippen molar-refractivity contribution in [2.24, 2.45) is 0 Å². The summed E-state index contributed by atoms with van der Waals surface area (Å²) in [5.41, 5.74) is 2.93. The lowest BCUT2D eigenvalue weighted by Gasteiger charge is -2.27. The molecule has 1 aliphatic rings. The van der Waals surface area contributed by atoms with Gasteiger partial charge in [0.25, 0.3) is 0 Å². The smallest absolute Gasteiger partial charge is 0.138 e. The second kappa shape index (κ2) is 8.10. The van der Waals surface area contributed by atoms with Gasteiger partial charge in [0.1, 0.15) is 23.7 Å². The first kappa shape index (κ1) is 19.2. The molecule has 0 aromatic carbocycles. The number of pyridine rings is 2. The number of hydrogen-bond donors (Lipinski definition) is 1. The molecular formula is C22H25N5O2. The highest BCUT2D eigenvalue weighted by atomic mass is 16.5. The number of ether oxygens (including phenoxy) is 1. The van der Waals surface area contributed by atoms with Crippen molar-refractivity contribution in [3.05, 3.63) is 42.4 Å². The van der Waals surface area contributed by atoms with Gasteiger partial charge in [0.15, 0.2) is 0 Å². The summed E-state index contributed by atoms with van der Waals surface area (Å²) in [4.78, 5) is 6.99. The number of aromatic nitrogens is 3. The number of hydrogen-bond acceptors (Lipinski definition) is 6. The predicted molar refractivity (Wildman–Crippen MR) is 111 cm³/mol. The molecule has 1 aliphatic heterocycles. The molecule has 3 aromatic heterocycles. The summed E-state index contributed by atoms with van der Waals surface area (Å²) in [6.45, 7) is 5.58. The molecule has 0 amide bonds. The second-order valence-corrected chi connectivity index (χ2v) is 7.57. The van der Waals surface area contributed by atoms with Crippen molar-refractivity contribution in [3.63, 3.8) is 0 Å². The maximum Gasteiger partial charge on any atom is 0.138 e. The number of anilines is 1. The first-order valence-electron chi connectivity index (χ1n) is 10.0. The van der Waals surface area contributed by atoms with Crippen LogP contribution in [0.2, 0.25) is 0 Å². The largest absolute Gasteiger partial charge is 0.486 e. The number of piperidine rings is 1. The highest BCUT2D eigenvalue weighted by molar-refractivity contribution is 5.85. The number of aliphatic hydroxyl groups is 1. The molecule has 0 unspecified atom stereocenters. The molecule has 150 valence electrons. The van der Waals surface area contributed by atoms with E-state index in [1.807, 2.05) is 31.3 Å². The van der Waals surface area contributed by atoms with Crippen LogP contribution in [0.4, 0.5) is 5.82 Å². The van der Waals surface area contributed by atoms with E-state index < -0.39 is 6.10 Å². The van der Waals surface area contributed by atoms with Gasteiger partial charge in [-0.3, -0.25) is 0 Å². The van der Waals surface area contributed by atoms with E-state index in [1.165, 1.54) is 19.3 Å². The molecule has 0 bridgehead atoms. The van der Waals surface area contributed by atoms with Gasteiger partial charge in [-0.1, -0.05) is 0 Å². The third kappa shape index (κ3) is 3.89. The summed E-state index contributed by atoms with van der Waals surface area (Å²) in [6, 6.07) is 8.16. The Kier molecular flexibility index (Phi) is 5.36. The molecule has 4 rings (SSSR count). The lowest BCUT2D eigenvalue weighted by Crippen LogP contribution is -2.29. The Morgan fingerprint density at radius 1 is 1.17 bits per heavy atom. The number of aliphatic hydroxyl groups excluding tert-OH is 1. The minimum atomic E-state index is -0.605. The standard InChI is InChI=1S/C22H25N5O2/c1-15(28)16(2)29-19-10-20(22-18(11-23)13-25-27(22)14-19)17-6-7-21(24-12-17)26-8-4-3-5-9-26/h6-7,10,12-16,28H,3-5,8-9H2,1-2H3/t15-,16+/m1/s1. The van der Waals surface area contributed by atoms with Crippen LogP contribution in [0.5, 0.6) is 5.75 Å². The third-order valence-electron chi connectivity index (χ3n) is 5.45. The molecule has 0 aliphatic carbocycles. The van der Waals surface area contributed by atoms with E-state index >= 15 is 0 Å². The fraction of sp³-hybridized carbons (Fsp3) is 0.409. The zero-order valence-electron chi connectivity index (χ0n) is 16.7. The molecule has 7 heteroatoms. The number of nitriles is 1. The molecule has 1 saturated heterocycles. The zero-order chi connectivity index (χ0) is 20.4. The van der Waals surface area contributed by atoms with E-state index in [1.54, 1.807) is 23.8 Å². The van der Waals surface area contributed by atoms with E-state index in [9.17, 15) is 10.4 Å². The Morgan fingerprint density at radius 3 is 2.62 bits per heavy atom. The van der Waals surface area contributed by atoms with Gasteiger partial charge in [-0.15, -0.1) is 0 Å². The summed E-state index contributed by atoms with van der Waals surface area (Å²) in [5.74, 6) is 1.56. The number of nitrogens with zero attached hydrogens (tertiary/aromatic N) is 5. The van der Waals surface area contributed by atoms with E-state index in [2.05, 4.69) is 21.1 Å². The van der Waals surface area contributed by atoms with Crippen LogP contribution in [0.15, 0.2) is 36.8 Å². The van der Waals surface area contributed by atoms with Gasteiger partial charge in [-0.05, 0) is 51.3 Å². The second-order valence-electron chi connectivity index (χ2n) is 7.57. The topological polar surface area (TPSA) is 86.7 Å². The summed E-state index contributed by atoms with van der Waals surface area (Å²) < 4.78 is 7.53. The number of rotatable bonds is 5. The maximum absolute atomic E-state index is 9.77. The van der Waals surface area contributed by atoms with Gasteiger partial charge in [-0.25, -0.2) is 9.50 Å². The Hall–Kier alpha value is -3.11. The lowest BCUT2D eigenvalue weighted by atomic mass is 10.0. The minimum Gasteiger partial charge on any atom is -0.486 e. The van der Waals surface area contributed by atoms with Crippen molar-refractivity contribution in [2.75, 3.05) is 18.0 Å². The Morgan fingerprint density at radius 2 is 1.97 bits per heavy atom. The van der Waals surface area contributed by atoms with Crippen molar-refractivity contribution in [1.82, 2.24) is 14.6 Å². The van der Waals surface area contributed by atoms with Crippen LogP contribution in [-0.2, 0) is 0 Å². The van der Waals surface area contributed by atoms with Crippen LogP contribution >= 0.6 is 0 Å². The Bertz CT molecular complexity index is 1030. The minimum absolute atomic E-state index is 0.370. The average molecular weight is 391 g/mol. The van der Waals surface area contributed by atoms with Crippen molar-refractivity contribution in [2.45, 2.75) is 45.3 Å². The average Bonchev–Trinajstić information content (AvgIpc) is 3.17. The molecule has 1 fully saturated rings. The van der Waals surface area contributed by atoms with Crippen molar-refractivity contribution in [3.8, 4) is 22.9 Å². The monoisotopic (exact) mass is 391 g/mol. The molecular weight excluding hydrogens is 366 g/mol. The molecule has 2 atom stereocenters. The van der Waals surface area contributed by atoms with Crippen LogP contribution in [0.1, 0.15) is 38.7 Å². The molecule has 4 heterocycles. The van der Waals surface area contributed by atoms with Gasteiger partial charge >= 0.3 is 0 Å². The SMILES string of the molecule is C[C@H](Oc1cc(-c2ccc(N3CCCCC3)nc2)c2c(C#N)cnn2c1)[C@@H](C)O. The van der Waals surface area contributed by atoms with Crippen molar-refractivity contribution in [1.29, 1.82) is 5.26 Å². The Balaban J connectivity index is 1.74. The van der Waals surface area contributed by atoms with E-state index in [0.29, 0.717) is 11.3 Å². The normalized spacial score (nSPS) is 16.4. The quantitative estimate of drug-likeness (QED) is 0.717. The molecule has 3 aromatic rings. The first-order chi connectivity index (χ1) is 14.1. The van der Waals surface area contributed by atoms with Crippen LogP contribution in [-0.4, -0.2) is 45.0 Å². The zero-order valence-corrected chi connectivity index (χ0v) is 16.7. The van der Waals surface area contributed by atoms with Crippen LogP contribution in [0, 0.1) is 11.3 Å². The molecule has 0 spiro atoms. The van der Waals surface area contributed by atoms with Gasteiger partial charge in [-0.2, -0.15) is 10.4 Å². The fourth-order valence-electron chi connectivity index (χ4n) is 3.63. The molecule has 7 nitrogen and oxygen atoms in total. The van der Waals surface area contributed by atoms with Crippen molar-refractivity contribution < 1.29 is 9.84 Å². The molecule has 0 radical (unpaired) electrons. The molecule has 29 heavy (non-hydrogen) atoms.